The molecule has 0 fully saturated rings. The highest BCUT2D eigenvalue weighted by Crippen LogP contribution is 2.37. The molecule has 1 aromatic carbocycles. The first-order valence-corrected chi connectivity index (χ1v) is 9.68. The van der Waals surface area contributed by atoms with E-state index in [9.17, 15) is 18.9 Å². The average Bonchev–Trinajstić information content (AvgIpc) is 3.35. The number of hydrogen-bond donors (Lipinski definition) is 0. The van der Waals surface area contributed by atoms with Crippen LogP contribution in [0, 0.1) is 21.7 Å². The van der Waals surface area contributed by atoms with Crippen LogP contribution in [0.3, 0.4) is 0 Å². The summed E-state index contributed by atoms with van der Waals surface area (Å²) in [6.45, 7) is 4.32. The van der Waals surface area contributed by atoms with Gasteiger partial charge in [0.1, 0.15) is 16.8 Å². The van der Waals surface area contributed by atoms with Crippen molar-refractivity contribution >= 4 is 17.2 Å². The summed E-state index contributed by atoms with van der Waals surface area (Å²) in [5, 5.41) is 11.5. The van der Waals surface area contributed by atoms with Gasteiger partial charge in [0.2, 0.25) is 0 Å². The van der Waals surface area contributed by atoms with Crippen molar-refractivity contribution in [1.82, 2.24) is 19.4 Å². The largest absolute Gasteiger partial charge is 0.436 e. The number of imidazole rings is 1. The van der Waals surface area contributed by atoms with Crippen LogP contribution in [0.1, 0.15) is 17.5 Å². The average molecular weight is 419 g/mol. The summed E-state index contributed by atoms with van der Waals surface area (Å²) < 4.78 is 34.2. The molecule has 1 unspecified atom stereocenters. The van der Waals surface area contributed by atoms with Gasteiger partial charge in [-0.2, -0.15) is 0 Å². The maximum Gasteiger partial charge on any atom is 0.415 e. The Morgan fingerprint density at radius 2 is 2.14 bits per heavy atom. The van der Waals surface area contributed by atoms with E-state index in [1.54, 1.807) is 4.57 Å². The van der Waals surface area contributed by atoms with Gasteiger partial charge in [-0.3, -0.25) is 9.47 Å². The molecule has 2 aliphatic heterocycles. The van der Waals surface area contributed by atoms with Crippen LogP contribution >= 0.6 is 11.3 Å². The molecule has 2 aliphatic rings. The predicted molar refractivity (Wildman–Crippen MR) is 99.5 cm³/mol. The molecule has 0 aliphatic carbocycles. The lowest BCUT2D eigenvalue weighted by Gasteiger charge is -2.27. The van der Waals surface area contributed by atoms with Crippen LogP contribution in [-0.2, 0) is 19.6 Å². The Hall–Kier alpha value is -2.92. The minimum Gasteiger partial charge on any atom is -0.436 e. The van der Waals surface area contributed by atoms with Gasteiger partial charge in [-0.05, 0) is 30.0 Å². The molecule has 0 spiro atoms. The predicted octanol–water partition coefficient (Wildman–Crippen LogP) is 3.36. The molecule has 0 radical (unpaired) electrons. The Morgan fingerprint density at radius 1 is 1.31 bits per heavy atom. The Morgan fingerprint density at radius 3 is 2.83 bits per heavy atom. The first-order chi connectivity index (χ1) is 13.8. The van der Waals surface area contributed by atoms with E-state index in [4.69, 9.17) is 4.74 Å². The second-order valence-corrected chi connectivity index (χ2v) is 8.57. The van der Waals surface area contributed by atoms with Gasteiger partial charge in [0, 0.05) is 35.1 Å². The number of benzene rings is 1. The van der Waals surface area contributed by atoms with Crippen molar-refractivity contribution in [3.05, 3.63) is 56.7 Å². The molecule has 0 saturated heterocycles. The zero-order chi connectivity index (χ0) is 20.3. The first-order valence-electron chi connectivity index (χ1n) is 8.87. The zero-order valence-electron chi connectivity index (χ0n) is 15.3. The molecule has 4 heterocycles. The summed E-state index contributed by atoms with van der Waals surface area (Å²) in [6, 6.07) is 4.05. The Labute approximate surface area is 167 Å². The molecule has 5 rings (SSSR count). The van der Waals surface area contributed by atoms with Gasteiger partial charge in [0.25, 0.3) is 0 Å². The van der Waals surface area contributed by atoms with Gasteiger partial charge in [-0.25, -0.2) is 13.8 Å². The number of fused-ring (bicyclic) bond motifs is 2. The quantitative estimate of drug-likeness (QED) is 0.476. The Balaban J connectivity index is 1.27. The summed E-state index contributed by atoms with van der Waals surface area (Å²) in [5.74, 6) is -1.98. The third-order valence-corrected chi connectivity index (χ3v) is 6.13. The van der Waals surface area contributed by atoms with Crippen LogP contribution in [-0.4, -0.2) is 36.5 Å². The normalized spacial score (nSPS) is 20.5. The number of thiazole rings is 1. The van der Waals surface area contributed by atoms with Crippen LogP contribution in [0.4, 0.5) is 14.6 Å². The number of ether oxygens (including phenoxy) is 1. The van der Waals surface area contributed by atoms with Crippen molar-refractivity contribution in [3.63, 3.8) is 0 Å². The van der Waals surface area contributed by atoms with Crippen molar-refractivity contribution < 1.29 is 18.4 Å². The minimum absolute atomic E-state index is 0.223. The number of nitro groups is 1. The third-order valence-electron chi connectivity index (χ3n) is 5.00. The lowest BCUT2D eigenvalue weighted by atomic mass is 10.1. The highest BCUT2D eigenvalue weighted by molar-refractivity contribution is 7.15. The molecule has 29 heavy (non-hydrogen) atoms. The van der Waals surface area contributed by atoms with E-state index < -0.39 is 22.2 Å². The lowest BCUT2D eigenvalue weighted by molar-refractivity contribution is -0.389. The summed E-state index contributed by atoms with van der Waals surface area (Å²) >= 11 is 1.47. The zero-order valence-corrected chi connectivity index (χ0v) is 16.1. The lowest BCUT2D eigenvalue weighted by Crippen LogP contribution is -2.43. The molecule has 11 heteroatoms. The number of aromatic nitrogens is 3. The van der Waals surface area contributed by atoms with Crippen LogP contribution < -0.4 is 4.74 Å². The van der Waals surface area contributed by atoms with Crippen molar-refractivity contribution in [2.75, 3.05) is 6.54 Å². The van der Waals surface area contributed by atoms with Crippen molar-refractivity contribution in [2.45, 2.75) is 32.2 Å². The number of rotatable bonds is 4. The van der Waals surface area contributed by atoms with Crippen molar-refractivity contribution in [3.8, 4) is 16.6 Å². The standard InChI is InChI=1S/C18H15F2N5O3S/c1-18(9-24-7-15(25(26)27)22-17(24)28-18)8-23-5-13-14(6-23)29-16(21-13)10-2-3-11(19)12(20)4-10/h2-4,7H,5-6,8-9H2,1H3. The number of hydrogen-bond acceptors (Lipinski definition) is 7. The van der Waals surface area contributed by atoms with E-state index >= 15 is 0 Å². The first kappa shape index (κ1) is 18.1. The molecular weight excluding hydrogens is 404 g/mol. The smallest absolute Gasteiger partial charge is 0.415 e. The van der Waals surface area contributed by atoms with Gasteiger partial charge in [-0.15, -0.1) is 11.3 Å². The third kappa shape index (κ3) is 3.15. The van der Waals surface area contributed by atoms with Crippen molar-refractivity contribution in [2.24, 2.45) is 0 Å². The minimum atomic E-state index is -0.886. The highest BCUT2D eigenvalue weighted by Gasteiger charge is 2.42. The molecule has 3 aromatic rings. The van der Waals surface area contributed by atoms with Crippen LogP contribution in [0.5, 0.6) is 6.01 Å². The van der Waals surface area contributed by atoms with E-state index in [1.807, 2.05) is 6.92 Å². The van der Waals surface area contributed by atoms with E-state index in [1.165, 1.54) is 23.6 Å². The van der Waals surface area contributed by atoms with Gasteiger partial charge in [0.05, 0.1) is 12.2 Å². The molecular formula is C18H15F2N5O3S. The number of halogens is 2. The van der Waals surface area contributed by atoms with E-state index in [0.29, 0.717) is 36.8 Å². The fraction of sp³-hybridized carbons (Fsp3) is 0.333. The summed E-state index contributed by atoms with van der Waals surface area (Å²) in [7, 11) is 0. The fourth-order valence-corrected chi connectivity index (χ4v) is 4.91. The topological polar surface area (TPSA) is 86.3 Å². The highest BCUT2D eigenvalue weighted by atomic mass is 32.1. The molecule has 0 bridgehead atoms. The van der Waals surface area contributed by atoms with Gasteiger partial charge in [-0.1, -0.05) is 0 Å². The molecule has 0 amide bonds. The van der Waals surface area contributed by atoms with Crippen LogP contribution in [0.15, 0.2) is 24.4 Å². The Kier molecular flexibility index (Phi) is 3.93. The summed E-state index contributed by atoms with van der Waals surface area (Å²) in [4.78, 5) is 22.1. The molecule has 0 saturated carbocycles. The van der Waals surface area contributed by atoms with Crippen molar-refractivity contribution in [1.29, 1.82) is 0 Å². The second kappa shape index (κ2) is 6.29. The fourth-order valence-electron chi connectivity index (χ4n) is 3.80. The molecule has 150 valence electrons. The number of nitrogens with zero attached hydrogens (tertiary/aromatic N) is 5. The molecule has 0 N–H and O–H groups in total. The summed E-state index contributed by atoms with van der Waals surface area (Å²) in [6.07, 6.45) is 1.39. The monoisotopic (exact) mass is 419 g/mol. The van der Waals surface area contributed by atoms with Crippen LogP contribution in [0.25, 0.3) is 10.6 Å². The maximum absolute atomic E-state index is 13.5. The van der Waals surface area contributed by atoms with E-state index in [0.717, 1.165) is 22.7 Å². The van der Waals surface area contributed by atoms with E-state index in [2.05, 4.69) is 14.9 Å². The molecule has 2 aromatic heterocycles. The van der Waals surface area contributed by atoms with Gasteiger partial charge < -0.3 is 14.9 Å². The van der Waals surface area contributed by atoms with Gasteiger partial charge >= 0.3 is 11.8 Å². The van der Waals surface area contributed by atoms with Crippen LogP contribution in [0.2, 0.25) is 0 Å². The second-order valence-electron chi connectivity index (χ2n) is 7.48. The maximum atomic E-state index is 13.5. The Bertz CT molecular complexity index is 1100. The van der Waals surface area contributed by atoms with Gasteiger partial charge in [0.15, 0.2) is 11.6 Å². The molecule has 8 nitrogen and oxygen atoms in total. The SMILES string of the molecule is CC1(CN2Cc3nc(-c4ccc(F)c(F)c4)sc3C2)Cn2cc([N+](=O)[O-])nc2O1. The molecule has 1 atom stereocenters. The summed E-state index contributed by atoms with van der Waals surface area (Å²) in [5.41, 5.74) is 0.937. The van der Waals surface area contributed by atoms with E-state index in [-0.39, 0.29) is 11.8 Å².